The van der Waals surface area contributed by atoms with Crippen molar-refractivity contribution in [1.29, 1.82) is 0 Å². The zero-order valence-corrected chi connectivity index (χ0v) is 20.9. The van der Waals surface area contributed by atoms with Crippen molar-refractivity contribution in [2.75, 3.05) is 0 Å². The fourth-order valence-corrected chi connectivity index (χ4v) is 3.50. The van der Waals surface area contributed by atoms with Crippen LogP contribution in [0.2, 0.25) is 0 Å². The van der Waals surface area contributed by atoms with Gasteiger partial charge in [-0.3, -0.25) is 0 Å². The number of aryl methyl sites for hydroxylation is 2. The molecular formula is C28H42O2. The van der Waals surface area contributed by atoms with Crippen LogP contribution in [0.25, 0.3) is 0 Å². The van der Waals surface area contributed by atoms with E-state index in [2.05, 4.69) is 106 Å². The van der Waals surface area contributed by atoms with Gasteiger partial charge in [-0.1, -0.05) is 58.9 Å². The molecule has 2 nitrogen and oxygen atoms in total. The predicted octanol–water partition coefficient (Wildman–Crippen LogP) is 8.15. The molecule has 0 fully saturated rings. The highest BCUT2D eigenvalue weighted by Crippen LogP contribution is 2.37. The number of hydrogen-bond acceptors (Lipinski definition) is 2. The van der Waals surface area contributed by atoms with Crippen molar-refractivity contribution in [3.8, 4) is 11.5 Å². The van der Waals surface area contributed by atoms with Crippen LogP contribution in [0.15, 0.2) is 36.4 Å². The van der Waals surface area contributed by atoms with Gasteiger partial charge < -0.3 is 9.47 Å². The Morgan fingerprint density at radius 3 is 1.43 bits per heavy atom. The highest BCUT2D eigenvalue weighted by Gasteiger charge is 2.27. The predicted molar refractivity (Wildman–Crippen MR) is 129 cm³/mol. The van der Waals surface area contributed by atoms with Crippen LogP contribution < -0.4 is 9.47 Å². The van der Waals surface area contributed by atoms with E-state index in [9.17, 15) is 0 Å². The normalized spacial score (nSPS) is 12.7. The fraction of sp³-hybridized carbons (Fsp3) is 0.571. The lowest BCUT2D eigenvalue weighted by molar-refractivity contribution is 0.0794. The topological polar surface area (TPSA) is 18.5 Å². The Morgan fingerprint density at radius 1 is 0.633 bits per heavy atom. The van der Waals surface area contributed by atoms with E-state index in [1.54, 1.807) is 0 Å². The molecule has 0 bridgehead atoms. The van der Waals surface area contributed by atoms with Crippen LogP contribution in [0.1, 0.15) is 96.9 Å². The van der Waals surface area contributed by atoms with Gasteiger partial charge in [0.05, 0.1) is 0 Å². The van der Waals surface area contributed by atoms with Crippen molar-refractivity contribution < 1.29 is 9.47 Å². The van der Waals surface area contributed by atoms with Crippen molar-refractivity contribution >= 4 is 0 Å². The third-order valence-corrected chi connectivity index (χ3v) is 6.88. The SMILES string of the molecule is CCC(C)(C)Oc1ccc(C(C)(C)c2ccc(OC(C)(CC)CC)c(C)c2)cc1C. The van der Waals surface area contributed by atoms with Crippen molar-refractivity contribution in [2.24, 2.45) is 0 Å². The van der Waals surface area contributed by atoms with E-state index in [0.717, 1.165) is 30.8 Å². The Kier molecular flexibility index (Phi) is 7.32. The lowest BCUT2D eigenvalue weighted by atomic mass is 9.77. The quantitative estimate of drug-likeness (QED) is 0.415. The molecule has 0 amide bonds. The zero-order valence-electron chi connectivity index (χ0n) is 20.9. The molecule has 2 aromatic rings. The van der Waals surface area contributed by atoms with Gasteiger partial charge >= 0.3 is 0 Å². The standard InChI is InChI=1S/C28H42O2/c1-11-26(6,7)29-24-16-14-22(18-20(24)4)27(8,9)23-15-17-25(21(5)19-23)30-28(10,12-2)13-3/h14-19H,11-13H2,1-10H3. The monoisotopic (exact) mass is 410 g/mol. The molecular weight excluding hydrogens is 368 g/mol. The van der Waals surface area contributed by atoms with Crippen molar-refractivity contribution in [3.63, 3.8) is 0 Å². The van der Waals surface area contributed by atoms with Gasteiger partial charge in [-0.2, -0.15) is 0 Å². The van der Waals surface area contributed by atoms with Crippen LogP contribution in [-0.4, -0.2) is 11.2 Å². The maximum absolute atomic E-state index is 6.38. The third kappa shape index (κ3) is 5.39. The summed E-state index contributed by atoms with van der Waals surface area (Å²) in [4.78, 5) is 0. The molecule has 0 N–H and O–H groups in total. The summed E-state index contributed by atoms with van der Waals surface area (Å²) in [6.07, 6.45) is 2.97. The minimum atomic E-state index is -0.153. The first-order chi connectivity index (χ1) is 13.9. The maximum atomic E-state index is 6.38. The molecule has 0 unspecified atom stereocenters. The van der Waals surface area contributed by atoms with Gasteiger partial charge in [0.25, 0.3) is 0 Å². The Hall–Kier alpha value is -1.96. The number of rotatable bonds is 9. The van der Waals surface area contributed by atoms with E-state index < -0.39 is 0 Å². The molecule has 2 aromatic carbocycles. The van der Waals surface area contributed by atoms with E-state index in [-0.39, 0.29) is 16.6 Å². The summed E-state index contributed by atoms with van der Waals surface area (Å²) in [5.74, 6) is 1.96. The summed E-state index contributed by atoms with van der Waals surface area (Å²) < 4.78 is 12.6. The smallest absolute Gasteiger partial charge is 0.123 e. The van der Waals surface area contributed by atoms with Crippen LogP contribution in [-0.2, 0) is 5.41 Å². The van der Waals surface area contributed by atoms with E-state index in [0.29, 0.717) is 0 Å². The van der Waals surface area contributed by atoms with E-state index >= 15 is 0 Å². The van der Waals surface area contributed by atoms with Crippen LogP contribution in [0.4, 0.5) is 0 Å². The van der Waals surface area contributed by atoms with Gasteiger partial charge in [0, 0.05) is 5.41 Å². The van der Waals surface area contributed by atoms with Crippen LogP contribution in [0.3, 0.4) is 0 Å². The van der Waals surface area contributed by atoms with Crippen LogP contribution in [0, 0.1) is 13.8 Å². The molecule has 0 aliphatic heterocycles. The molecule has 166 valence electrons. The Balaban J connectivity index is 2.33. The highest BCUT2D eigenvalue weighted by molar-refractivity contribution is 5.47. The second-order valence-corrected chi connectivity index (χ2v) is 10.1. The molecule has 0 saturated heterocycles. The Bertz CT molecular complexity index is 857. The summed E-state index contributed by atoms with van der Waals surface area (Å²) in [5.41, 5.74) is 4.59. The highest BCUT2D eigenvalue weighted by atomic mass is 16.5. The van der Waals surface area contributed by atoms with Gasteiger partial charge in [0.1, 0.15) is 22.7 Å². The Labute approximate surface area is 185 Å². The van der Waals surface area contributed by atoms with Crippen molar-refractivity contribution in [3.05, 3.63) is 58.7 Å². The van der Waals surface area contributed by atoms with Gasteiger partial charge in [0.2, 0.25) is 0 Å². The molecule has 0 aliphatic carbocycles. The summed E-state index contributed by atoms with van der Waals surface area (Å²) in [5, 5.41) is 0. The van der Waals surface area contributed by atoms with E-state index in [1.165, 1.54) is 22.3 Å². The van der Waals surface area contributed by atoms with Crippen LogP contribution in [0.5, 0.6) is 11.5 Å². The molecule has 2 rings (SSSR count). The van der Waals surface area contributed by atoms with Gasteiger partial charge in [-0.25, -0.2) is 0 Å². The van der Waals surface area contributed by atoms with Gasteiger partial charge in [-0.05, 0) is 88.3 Å². The van der Waals surface area contributed by atoms with Gasteiger partial charge in [-0.15, -0.1) is 0 Å². The fourth-order valence-electron chi connectivity index (χ4n) is 3.50. The summed E-state index contributed by atoms with van der Waals surface area (Å²) in [6.45, 7) is 21.9. The van der Waals surface area contributed by atoms with Gasteiger partial charge in [0.15, 0.2) is 0 Å². The molecule has 0 radical (unpaired) electrons. The average Bonchev–Trinajstić information content (AvgIpc) is 2.70. The average molecular weight is 411 g/mol. The summed E-state index contributed by atoms with van der Waals surface area (Å²) in [7, 11) is 0. The second-order valence-electron chi connectivity index (χ2n) is 10.1. The second kappa shape index (κ2) is 9.04. The van der Waals surface area contributed by atoms with E-state index in [1.807, 2.05) is 0 Å². The molecule has 0 aromatic heterocycles. The number of hydrogen-bond donors (Lipinski definition) is 0. The molecule has 30 heavy (non-hydrogen) atoms. The van der Waals surface area contributed by atoms with Crippen molar-refractivity contribution in [1.82, 2.24) is 0 Å². The van der Waals surface area contributed by atoms with Crippen molar-refractivity contribution in [2.45, 2.75) is 105 Å². The molecule has 0 aliphatic rings. The molecule has 0 saturated carbocycles. The molecule has 0 spiro atoms. The minimum Gasteiger partial charge on any atom is -0.488 e. The first-order valence-electron chi connectivity index (χ1n) is 11.5. The molecule has 0 atom stereocenters. The maximum Gasteiger partial charge on any atom is 0.123 e. The zero-order chi connectivity index (χ0) is 22.7. The molecule has 0 heterocycles. The van der Waals surface area contributed by atoms with Crippen LogP contribution >= 0.6 is 0 Å². The summed E-state index contributed by atoms with van der Waals surface area (Å²) >= 11 is 0. The number of ether oxygens (including phenoxy) is 2. The minimum absolute atomic E-state index is 0.105. The summed E-state index contributed by atoms with van der Waals surface area (Å²) in [6, 6.07) is 13.2. The van der Waals surface area contributed by atoms with E-state index in [4.69, 9.17) is 9.47 Å². The Morgan fingerprint density at radius 2 is 1.07 bits per heavy atom. The first-order valence-corrected chi connectivity index (χ1v) is 11.5. The molecule has 2 heteroatoms. The number of benzene rings is 2. The largest absolute Gasteiger partial charge is 0.488 e. The first kappa shape index (κ1) is 24.3. The third-order valence-electron chi connectivity index (χ3n) is 6.88. The lowest BCUT2D eigenvalue weighted by Gasteiger charge is -2.31. The lowest BCUT2D eigenvalue weighted by Crippen LogP contribution is -2.30.